The molecule has 0 aliphatic carbocycles. The molecule has 0 saturated heterocycles. The first-order chi connectivity index (χ1) is 14.2. The molecule has 0 atom stereocenters. The van der Waals surface area contributed by atoms with Crippen molar-refractivity contribution in [2.24, 2.45) is 0 Å². The van der Waals surface area contributed by atoms with Gasteiger partial charge in [-0.2, -0.15) is 0 Å². The molecule has 0 fully saturated rings. The zero-order chi connectivity index (χ0) is 20.1. The molecule has 4 aromatic rings. The highest BCUT2D eigenvalue weighted by atomic mass is 16.2. The van der Waals surface area contributed by atoms with Gasteiger partial charge in [0, 0.05) is 43.8 Å². The average molecular weight is 383 g/mol. The number of carbonyl (C=O) groups is 1. The second kappa shape index (κ2) is 8.48. The number of para-hydroxylation sites is 1. The standard InChI is InChI=1S/C23H21N5O/c1-28(13-9-17-7-11-24-12-8-17)23(29)19-14-20(16-25-15-19)27-21-6-2-4-18-5-3-10-26-22(18)21/h2-8,10-12,14-16,27H,9,13H2,1H3. The summed E-state index contributed by atoms with van der Waals surface area (Å²) in [4.78, 5) is 27.2. The molecule has 0 unspecified atom stereocenters. The number of nitrogens with one attached hydrogen (secondary N) is 1. The third kappa shape index (κ3) is 4.38. The van der Waals surface area contributed by atoms with E-state index in [1.165, 1.54) is 0 Å². The topological polar surface area (TPSA) is 71.0 Å². The quantitative estimate of drug-likeness (QED) is 0.543. The van der Waals surface area contributed by atoms with Crippen molar-refractivity contribution < 1.29 is 4.79 Å². The van der Waals surface area contributed by atoms with Crippen molar-refractivity contribution in [1.82, 2.24) is 19.9 Å². The summed E-state index contributed by atoms with van der Waals surface area (Å²) >= 11 is 0. The lowest BCUT2D eigenvalue weighted by atomic mass is 10.1. The Morgan fingerprint density at radius 2 is 1.83 bits per heavy atom. The molecule has 144 valence electrons. The first-order valence-corrected chi connectivity index (χ1v) is 9.41. The number of amides is 1. The molecule has 0 aliphatic rings. The van der Waals surface area contributed by atoms with E-state index in [2.05, 4.69) is 20.3 Å². The molecule has 1 amide bonds. The summed E-state index contributed by atoms with van der Waals surface area (Å²) in [5.41, 5.74) is 4.19. The van der Waals surface area contributed by atoms with Crippen LogP contribution in [0.3, 0.4) is 0 Å². The number of fused-ring (bicyclic) bond motifs is 1. The summed E-state index contributed by atoms with van der Waals surface area (Å²) in [5.74, 6) is -0.0637. The maximum Gasteiger partial charge on any atom is 0.255 e. The third-order valence-electron chi connectivity index (χ3n) is 4.73. The second-order valence-corrected chi connectivity index (χ2v) is 6.80. The Kier molecular flexibility index (Phi) is 5.42. The van der Waals surface area contributed by atoms with Gasteiger partial charge in [0.1, 0.15) is 0 Å². The number of anilines is 2. The van der Waals surface area contributed by atoms with E-state index < -0.39 is 0 Å². The Balaban J connectivity index is 1.48. The van der Waals surface area contributed by atoms with Crippen LogP contribution < -0.4 is 5.32 Å². The predicted molar refractivity (Wildman–Crippen MR) is 114 cm³/mol. The second-order valence-electron chi connectivity index (χ2n) is 6.80. The molecule has 0 saturated carbocycles. The predicted octanol–water partition coefficient (Wildman–Crippen LogP) is 4.08. The van der Waals surface area contributed by atoms with E-state index in [9.17, 15) is 4.79 Å². The molecule has 3 heterocycles. The number of hydrogen-bond donors (Lipinski definition) is 1. The zero-order valence-electron chi connectivity index (χ0n) is 16.1. The SMILES string of the molecule is CN(CCc1ccncc1)C(=O)c1cncc(Nc2cccc3cccnc23)c1. The Hall–Kier alpha value is -3.80. The van der Waals surface area contributed by atoms with Crippen LogP contribution in [0, 0.1) is 0 Å². The maximum absolute atomic E-state index is 12.8. The maximum atomic E-state index is 12.8. The Bertz CT molecular complexity index is 1120. The number of hydrogen-bond acceptors (Lipinski definition) is 5. The van der Waals surface area contributed by atoms with Crippen LogP contribution in [0.25, 0.3) is 10.9 Å². The molecule has 6 nitrogen and oxygen atoms in total. The van der Waals surface area contributed by atoms with Gasteiger partial charge in [-0.1, -0.05) is 18.2 Å². The molecule has 1 aromatic carbocycles. The highest BCUT2D eigenvalue weighted by molar-refractivity contribution is 5.96. The molecule has 1 N–H and O–H groups in total. The summed E-state index contributed by atoms with van der Waals surface area (Å²) < 4.78 is 0. The van der Waals surface area contributed by atoms with E-state index in [0.717, 1.165) is 34.3 Å². The number of carbonyl (C=O) groups excluding carboxylic acids is 1. The number of nitrogens with zero attached hydrogens (tertiary/aromatic N) is 4. The minimum absolute atomic E-state index is 0.0637. The molecular weight excluding hydrogens is 362 g/mol. The molecule has 0 aliphatic heterocycles. The summed E-state index contributed by atoms with van der Waals surface area (Å²) in [6.45, 7) is 0.619. The Labute approximate surface area is 169 Å². The molecular formula is C23H21N5O. The molecule has 4 rings (SSSR count). The summed E-state index contributed by atoms with van der Waals surface area (Å²) in [5, 5.41) is 4.39. The van der Waals surface area contributed by atoms with E-state index in [1.54, 1.807) is 42.9 Å². The molecule has 29 heavy (non-hydrogen) atoms. The summed E-state index contributed by atoms with van der Waals surface area (Å²) in [6, 6.07) is 15.6. The number of benzene rings is 1. The van der Waals surface area contributed by atoms with Crippen LogP contribution in [0.1, 0.15) is 15.9 Å². The van der Waals surface area contributed by atoms with Gasteiger partial charge in [0.2, 0.25) is 0 Å². The molecule has 6 heteroatoms. The number of rotatable bonds is 6. The van der Waals surface area contributed by atoms with Crippen molar-refractivity contribution in [2.45, 2.75) is 6.42 Å². The fourth-order valence-corrected chi connectivity index (χ4v) is 3.15. The average Bonchev–Trinajstić information content (AvgIpc) is 2.78. The van der Waals surface area contributed by atoms with E-state index in [0.29, 0.717) is 12.1 Å². The van der Waals surface area contributed by atoms with E-state index in [-0.39, 0.29) is 5.91 Å². The van der Waals surface area contributed by atoms with Gasteiger partial charge >= 0.3 is 0 Å². The van der Waals surface area contributed by atoms with Gasteiger partial charge in [0.25, 0.3) is 5.91 Å². The van der Waals surface area contributed by atoms with Gasteiger partial charge in [0.05, 0.1) is 28.7 Å². The zero-order valence-corrected chi connectivity index (χ0v) is 16.1. The van der Waals surface area contributed by atoms with Crippen LogP contribution in [-0.4, -0.2) is 39.4 Å². The van der Waals surface area contributed by atoms with Gasteiger partial charge in [-0.3, -0.25) is 19.7 Å². The van der Waals surface area contributed by atoms with Gasteiger partial charge in [-0.15, -0.1) is 0 Å². The summed E-state index contributed by atoms with van der Waals surface area (Å²) in [6.07, 6.45) is 9.37. The van der Waals surface area contributed by atoms with Gasteiger partial charge in [-0.05, 0) is 42.3 Å². The van der Waals surface area contributed by atoms with Crippen molar-refractivity contribution in [3.63, 3.8) is 0 Å². The Morgan fingerprint density at radius 3 is 2.69 bits per heavy atom. The normalized spacial score (nSPS) is 10.7. The fourth-order valence-electron chi connectivity index (χ4n) is 3.15. The summed E-state index contributed by atoms with van der Waals surface area (Å²) in [7, 11) is 1.80. The van der Waals surface area contributed by atoms with Crippen molar-refractivity contribution in [3.05, 3.63) is 90.6 Å². The van der Waals surface area contributed by atoms with Crippen LogP contribution in [0.4, 0.5) is 11.4 Å². The number of likely N-dealkylation sites (N-methyl/N-ethyl adjacent to an activating group) is 1. The highest BCUT2D eigenvalue weighted by Crippen LogP contribution is 2.24. The first-order valence-electron chi connectivity index (χ1n) is 9.41. The number of pyridine rings is 3. The smallest absolute Gasteiger partial charge is 0.255 e. The fraction of sp³-hybridized carbons (Fsp3) is 0.130. The van der Waals surface area contributed by atoms with Gasteiger partial charge in [-0.25, -0.2) is 0 Å². The van der Waals surface area contributed by atoms with Crippen LogP contribution >= 0.6 is 0 Å². The van der Waals surface area contributed by atoms with Crippen LogP contribution in [-0.2, 0) is 6.42 Å². The van der Waals surface area contributed by atoms with Crippen molar-refractivity contribution in [3.8, 4) is 0 Å². The first kappa shape index (κ1) is 18.6. The largest absolute Gasteiger partial charge is 0.352 e. The van der Waals surface area contributed by atoms with Crippen LogP contribution in [0.15, 0.2) is 79.5 Å². The Morgan fingerprint density at radius 1 is 1.00 bits per heavy atom. The molecule has 0 spiro atoms. The highest BCUT2D eigenvalue weighted by Gasteiger charge is 2.13. The van der Waals surface area contributed by atoms with Crippen LogP contribution in [0.5, 0.6) is 0 Å². The molecule has 0 radical (unpaired) electrons. The van der Waals surface area contributed by atoms with Crippen molar-refractivity contribution in [2.75, 3.05) is 18.9 Å². The minimum Gasteiger partial charge on any atom is -0.352 e. The van der Waals surface area contributed by atoms with Crippen molar-refractivity contribution >= 4 is 28.2 Å². The lowest BCUT2D eigenvalue weighted by Crippen LogP contribution is -2.29. The lowest BCUT2D eigenvalue weighted by molar-refractivity contribution is 0.0796. The van der Waals surface area contributed by atoms with E-state index >= 15 is 0 Å². The lowest BCUT2D eigenvalue weighted by Gasteiger charge is -2.17. The van der Waals surface area contributed by atoms with E-state index in [4.69, 9.17) is 0 Å². The monoisotopic (exact) mass is 383 g/mol. The van der Waals surface area contributed by atoms with Gasteiger partial charge < -0.3 is 10.2 Å². The molecule has 3 aromatic heterocycles. The van der Waals surface area contributed by atoms with Gasteiger partial charge in [0.15, 0.2) is 0 Å². The minimum atomic E-state index is -0.0637. The molecule has 0 bridgehead atoms. The third-order valence-corrected chi connectivity index (χ3v) is 4.73. The van der Waals surface area contributed by atoms with Crippen LogP contribution in [0.2, 0.25) is 0 Å². The number of aromatic nitrogens is 3. The van der Waals surface area contributed by atoms with E-state index in [1.807, 2.05) is 48.5 Å². The van der Waals surface area contributed by atoms with Crippen molar-refractivity contribution in [1.29, 1.82) is 0 Å².